The van der Waals surface area contributed by atoms with Gasteiger partial charge in [0, 0.05) is 0 Å². The predicted octanol–water partition coefficient (Wildman–Crippen LogP) is 0.706. The lowest BCUT2D eigenvalue weighted by atomic mass is 10.8. The normalized spacial score (nSPS) is 13.8. The number of hydrogen-bond acceptors (Lipinski definition) is 2. The molecular weight excluding hydrogens is 178 g/mol. The van der Waals surface area contributed by atoms with E-state index in [4.69, 9.17) is 4.55 Å². The molecule has 0 aromatic heterocycles. The van der Waals surface area contributed by atoms with Crippen LogP contribution in [-0.2, 0) is 10.1 Å². The minimum atomic E-state index is -4.66. The van der Waals surface area contributed by atoms with Gasteiger partial charge in [0.2, 0.25) is 0 Å². The molecule has 1 N–H and O–H groups in total. The van der Waals surface area contributed by atoms with E-state index in [0.29, 0.717) is 0 Å². The molecule has 0 rings (SSSR count). The van der Waals surface area contributed by atoms with Gasteiger partial charge in [0.15, 0.2) is 5.75 Å². The third-order valence-corrected chi connectivity index (χ3v) is 1.37. The van der Waals surface area contributed by atoms with Crippen molar-refractivity contribution < 1.29 is 21.8 Å². The molecule has 0 atom stereocenters. The van der Waals surface area contributed by atoms with E-state index < -0.39 is 21.3 Å². The standard InChI is InChI=1S/C2H3ClF2O3S/c3-2(4,5)1-9(6,7)8/h1H2,(H,6,7,8). The van der Waals surface area contributed by atoms with Crippen LogP contribution in [0.5, 0.6) is 0 Å². The highest BCUT2D eigenvalue weighted by Crippen LogP contribution is 2.19. The predicted molar refractivity (Wildman–Crippen MR) is 27.2 cm³/mol. The van der Waals surface area contributed by atoms with Gasteiger partial charge in [-0.25, -0.2) is 0 Å². The minimum Gasteiger partial charge on any atom is -0.285 e. The molecule has 0 saturated carbocycles. The zero-order valence-corrected chi connectivity index (χ0v) is 5.59. The molecule has 9 heavy (non-hydrogen) atoms. The van der Waals surface area contributed by atoms with Crippen LogP contribution in [0, 0.1) is 0 Å². The van der Waals surface area contributed by atoms with Gasteiger partial charge in [0.05, 0.1) is 0 Å². The molecule has 0 saturated heterocycles. The Morgan fingerprint density at radius 2 is 1.89 bits per heavy atom. The molecule has 0 aromatic carbocycles. The van der Waals surface area contributed by atoms with Gasteiger partial charge in [-0.2, -0.15) is 17.2 Å². The highest BCUT2D eigenvalue weighted by atomic mass is 35.5. The summed E-state index contributed by atoms with van der Waals surface area (Å²) in [6.07, 6.45) is 0. The van der Waals surface area contributed by atoms with Crippen molar-refractivity contribution in [1.29, 1.82) is 0 Å². The summed E-state index contributed by atoms with van der Waals surface area (Å²) in [5.41, 5.74) is 0. The van der Waals surface area contributed by atoms with Crippen LogP contribution in [0.25, 0.3) is 0 Å². The van der Waals surface area contributed by atoms with Gasteiger partial charge in [-0.15, -0.1) is 0 Å². The molecule has 0 bridgehead atoms. The van der Waals surface area contributed by atoms with Crippen molar-refractivity contribution in [2.24, 2.45) is 0 Å². The first-order chi connectivity index (χ1) is 3.71. The first kappa shape index (κ1) is 9.06. The lowest BCUT2D eigenvalue weighted by Crippen LogP contribution is -2.20. The fraction of sp³-hybridized carbons (Fsp3) is 1.00. The molecule has 0 aliphatic carbocycles. The third-order valence-electron chi connectivity index (χ3n) is 0.346. The summed E-state index contributed by atoms with van der Waals surface area (Å²) in [6, 6.07) is 0. The molecule has 56 valence electrons. The van der Waals surface area contributed by atoms with E-state index in [1.807, 2.05) is 0 Å². The molecule has 0 aliphatic heterocycles. The second-order valence-corrected chi connectivity index (χ2v) is 3.35. The van der Waals surface area contributed by atoms with E-state index in [0.717, 1.165) is 0 Å². The summed E-state index contributed by atoms with van der Waals surface area (Å²) in [7, 11) is -4.66. The van der Waals surface area contributed by atoms with Crippen molar-refractivity contribution in [2.45, 2.75) is 5.38 Å². The van der Waals surface area contributed by atoms with Crippen molar-refractivity contribution in [1.82, 2.24) is 0 Å². The zero-order valence-electron chi connectivity index (χ0n) is 4.01. The van der Waals surface area contributed by atoms with Crippen molar-refractivity contribution in [3.8, 4) is 0 Å². The first-order valence-corrected chi connectivity index (χ1v) is 3.71. The minimum absolute atomic E-state index is 1.75. The number of alkyl halides is 3. The molecule has 0 unspecified atom stereocenters. The quantitative estimate of drug-likeness (QED) is 0.503. The first-order valence-electron chi connectivity index (χ1n) is 1.73. The van der Waals surface area contributed by atoms with Crippen LogP contribution in [-0.4, -0.2) is 24.1 Å². The fourth-order valence-electron chi connectivity index (χ4n) is 0.207. The summed E-state index contributed by atoms with van der Waals surface area (Å²) in [5.74, 6) is -1.75. The molecule has 0 radical (unpaired) electrons. The molecule has 0 spiro atoms. The van der Waals surface area contributed by atoms with Crippen LogP contribution in [0.15, 0.2) is 0 Å². The van der Waals surface area contributed by atoms with Gasteiger partial charge in [-0.1, -0.05) is 0 Å². The van der Waals surface area contributed by atoms with E-state index in [1.165, 1.54) is 0 Å². The molecule has 3 nitrogen and oxygen atoms in total. The lowest BCUT2D eigenvalue weighted by Gasteiger charge is -2.02. The van der Waals surface area contributed by atoms with Gasteiger partial charge in [0.25, 0.3) is 10.1 Å². The highest BCUT2D eigenvalue weighted by Gasteiger charge is 2.31. The van der Waals surface area contributed by atoms with Crippen molar-refractivity contribution in [2.75, 3.05) is 5.75 Å². The SMILES string of the molecule is O=S(=O)(O)CC(F)(F)Cl. The Kier molecular flexibility index (Phi) is 2.37. The van der Waals surface area contributed by atoms with Crippen LogP contribution in [0.3, 0.4) is 0 Å². The number of halogens is 3. The van der Waals surface area contributed by atoms with Gasteiger partial charge in [-0.05, 0) is 11.6 Å². The lowest BCUT2D eigenvalue weighted by molar-refractivity contribution is 0.120. The van der Waals surface area contributed by atoms with Crippen molar-refractivity contribution >= 4 is 21.7 Å². The Morgan fingerprint density at radius 1 is 1.56 bits per heavy atom. The second-order valence-electron chi connectivity index (χ2n) is 1.34. The number of rotatable bonds is 2. The molecule has 0 aliphatic rings. The maximum Gasteiger partial charge on any atom is 0.337 e. The second kappa shape index (κ2) is 2.36. The Hall–Kier alpha value is 0.0600. The maximum absolute atomic E-state index is 11.4. The van der Waals surface area contributed by atoms with E-state index in [-0.39, 0.29) is 0 Å². The van der Waals surface area contributed by atoms with Crippen LogP contribution in [0.4, 0.5) is 8.78 Å². The Bertz CT molecular complexity index is 180. The number of hydrogen-bond donors (Lipinski definition) is 1. The summed E-state index contributed by atoms with van der Waals surface area (Å²) in [5, 5.41) is -3.88. The van der Waals surface area contributed by atoms with Gasteiger partial charge in [0.1, 0.15) is 0 Å². The van der Waals surface area contributed by atoms with E-state index >= 15 is 0 Å². The monoisotopic (exact) mass is 180 g/mol. The van der Waals surface area contributed by atoms with Gasteiger partial charge >= 0.3 is 5.38 Å². The summed E-state index contributed by atoms with van der Waals surface area (Å²) >= 11 is 4.15. The Balaban J connectivity index is 4.07. The zero-order chi connectivity index (χ0) is 7.71. The fourth-order valence-corrected chi connectivity index (χ4v) is 1.03. The summed E-state index contributed by atoms with van der Waals surface area (Å²) in [6.45, 7) is 0. The summed E-state index contributed by atoms with van der Waals surface area (Å²) in [4.78, 5) is 0. The van der Waals surface area contributed by atoms with Gasteiger partial charge < -0.3 is 0 Å². The maximum atomic E-state index is 11.4. The van der Waals surface area contributed by atoms with E-state index in [1.54, 1.807) is 0 Å². The topological polar surface area (TPSA) is 54.4 Å². The largest absolute Gasteiger partial charge is 0.337 e. The van der Waals surface area contributed by atoms with Crippen molar-refractivity contribution in [3.05, 3.63) is 0 Å². The Labute approximate surface area is 55.4 Å². The highest BCUT2D eigenvalue weighted by molar-refractivity contribution is 7.85. The van der Waals surface area contributed by atoms with Crippen LogP contribution < -0.4 is 0 Å². The molecule has 0 amide bonds. The van der Waals surface area contributed by atoms with Crippen LogP contribution in [0.2, 0.25) is 0 Å². The molecule has 0 fully saturated rings. The Morgan fingerprint density at radius 3 is 1.89 bits per heavy atom. The van der Waals surface area contributed by atoms with E-state index in [9.17, 15) is 17.2 Å². The average Bonchev–Trinajstić information content (AvgIpc) is 1.14. The van der Waals surface area contributed by atoms with Crippen LogP contribution in [0.1, 0.15) is 0 Å². The molecular formula is C2H3ClF2O3S. The van der Waals surface area contributed by atoms with Crippen LogP contribution >= 0.6 is 11.6 Å². The van der Waals surface area contributed by atoms with E-state index in [2.05, 4.69) is 11.6 Å². The smallest absolute Gasteiger partial charge is 0.285 e. The molecule has 7 heteroatoms. The average molecular weight is 181 g/mol. The van der Waals surface area contributed by atoms with Crippen molar-refractivity contribution in [3.63, 3.8) is 0 Å². The van der Waals surface area contributed by atoms with Gasteiger partial charge in [-0.3, -0.25) is 4.55 Å². The molecule has 0 heterocycles. The summed E-state index contributed by atoms with van der Waals surface area (Å²) < 4.78 is 49.9. The molecule has 0 aromatic rings. The third kappa shape index (κ3) is 8.06.